The van der Waals surface area contributed by atoms with Gasteiger partial charge in [-0.05, 0) is 50.9 Å². The summed E-state index contributed by atoms with van der Waals surface area (Å²) >= 11 is 0. The van der Waals surface area contributed by atoms with E-state index in [1.165, 1.54) is 12.1 Å². The summed E-state index contributed by atoms with van der Waals surface area (Å²) in [5.74, 6) is 0. The van der Waals surface area contributed by atoms with Crippen molar-refractivity contribution in [1.82, 2.24) is 0 Å². The van der Waals surface area contributed by atoms with Gasteiger partial charge in [0, 0.05) is 0 Å². The first kappa shape index (κ1) is 14.9. The Hall–Kier alpha value is -2.69. The smallest absolute Gasteiger partial charge is 0.282 e. The van der Waals surface area contributed by atoms with Gasteiger partial charge in [0.05, 0.1) is 4.90 Å². The molecule has 0 fully saturated rings. The summed E-state index contributed by atoms with van der Waals surface area (Å²) in [7, 11) is -4.19. The summed E-state index contributed by atoms with van der Waals surface area (Å²) < 4.78 is 31.7. The van der Waals surface area contributed by atoms with E-state index in [2.05, 4.69) is 30.3 Å². The van der Waals surface area contributed by atoms with E-state index in [1.807, 2.05) is 24.3 Å². The Balaban J connectivity index is 2.07. The molecule has 4 heteroatoms. The molecular weight excluding hydrogens is 320 g/mol. The predicted octanol–water partition coefficient (Wildman–Crippen LogP) is 4.91. The minimum Gasteiger partial charge on any atom is -0.282 e. The molecule has 4 aromatic carbocycles. The lowest BCUT2D eigenvalue weighted by molar-refractivity contribution is 0.483. The molecule has 0 aliphatic heterocycles. The fraction of sp³-hybridized carbons (Fsp3) is 0. The highest BCUT2D eigenvalue weighted by Gasteiger charge is 2.12. The molecule has 0 aliphatic rings. The van der Waals surface area contributed by atoms with Gasteiger partial charge in [0.2, 0.25) is 0 Å². The third kappa shape index (κ3) is 2.46. The molecule has 0 heterocycles. The lowest BCUT2D eigenvalue weighted by atomic mass is 9.92. The summed E-state index contributed by atoms with van der Waals surface area (Å²) in [4.78, 5) is -0.101. The maximum absolute atomic E-state index is 11.3. The zero-order chi connectivity index (χ0) is 16.7. The van der Waals surface area contributed by atoms with Crippen molar-refractivity contribution in [3.05, 3.63) is 78.9 Å². The quantitative estimate of drug-likeness (QED) is 0.419. The Labute approximate surface area is 139 Å². The maximum atomic E-state index is 11.3. The molecular formula is C20H14O3S. The van der Waals surface area contributed by atoms with Crippen LogP contribution in [-0.4, -0.2) is 13.0 Å². The first-order chi connectivity index (χ1) is 11.5. The zero-order valence-corrected chi connectivity index (χ0v) is 13.5. The lowest BCUT2D eigenvalue weighted by Gasteiger charge is -2.12. The summed E-state index contributed by atoms with van der Waals surface area (Å²) in [6.07, 6.45) is 0. The van der Waals surface area contributed by atoms with Crippen LogP contribution in [0.1, 0.15) is 0 Å². The highest BCUT2D eigenvalue weighted by molar-refractivity contribution is 7.85. The molecule has 0 aromatic heterocycles. The molecule has 0 bridgehead atoms. The van der Waals surface area contributed by atoms with E-state index < -0.39 is 10.1 Å². The van der Waals surface area contributed by atoms with Gasteiger partial charge in [-0.25, -0.2) is 0 Å². The monoisotopic (exact) mass is 334 g/mol. The van der Waals surface area contributed by atoms with Gasteiger partial charge >= 0.3 is 0 Å². The van der Waals surface area contributed by atoms with Gasteiger partial charge in [-0.1, -0.05) is 60.7 Å². The van der Waals surface area contributed by atoms with E-state index in [0.717, 1.165) is 32.7 Å². The van der Waals surface area contributed by atoms with Crippen LogP contribution < -0.4 is 0 Å². The van der Waals surface area contributed by atoms with Crippen LogP contribution in [-0.2, 0) is 10.1 Å². The van der Waals surface area contributed by atoms with Crippen LogP contribution in [0.4, 0.5) is 0 Å². The average molecular weight is 334 g/mol. The maximum Gasteiger partial charge on any atom is 0.294 e. The third-order valence-corrected chi connectivity index (χ3v) is 5.08. The molecule has 4 rings (SSSR count). The van der Waals surface area contributed by atoms with E-state index in [0.29, 0.717) is 0 Å². The third-order valence-electron chi connectivity index (χ3n) is 4.21. The Morgan fingerprint density at radius 3 is 1.67 bits per heavy atom. The van der Waals surface area contributed by atoms with Crippen LogP contribution >= 0.6 is 0 Å². The van der Waals surface area contributed by atoms with Crippen molar-refractivity contribution >= 4 is 31.7 Å². The van der Waals surface area contributed by atoms with Crippen molar-refractivity contribution in [3.8, 4) is 11.1 Å². The topological polar surface area (TPSA) is 54.4 Å². The van der Waals surface area contributed by atoms with Crippen molar-refractivity contribution < 1.29 is 13.0 Å². The van der Waals surface area contributed by atoms with E-state index >= 15 is 0 Å². The highest BCUT2D eigenvalue weighted by Crippen LogP contribution is 2.36. The minimum atomic E-state index is -4.19. The Morgan fingerprint density at radius 1 is 0.667 bits per heavy atom. The van der Waals surface area contributed by atoms with Crippen molar-refractivity contribution in [3.63, 3.8) is 0 Å². The molecule has 1 N–H and O–H groups in total. The number of fused-ring (bicyclic) bond motifs is 2. The number of benzene rings is 4. The molecule has 0 spiro atoms. The molecule has 24 heavy (non-hydrogen) atoms. The van der Waals surface area contributed by atoms with Crippen molar-refractivity contribution in [2.45, 2.75) is 4.90 Å². The Morgan fingerprint density at radius 2 is 1.17 bits per heavy atom. The first-order valence-corrected chi connectivity index (χ1v) is 8.96. The molecule has 0 radical (unpaired) electrons. The lowest BCUT2D eigenvalue weighted by Crippen LogP contribution is -1.97. The number of hydrogen-bond acceptors (Lipinski definition) is 2. The van der Waals surface area contributed by atoms with Gasteiger partial charge in [-0.3, -0.25) is 4.55 Å². The molecule has 4 aromatic rings. The number of rotatable bonds is 2. The second-order valence-corrected chi connectivity index (χ2v) is 7.11. The van der Waals surface area contributed by atoms with E-state index in [9.17, 15) is 8.42 Å². The highest BCUT2D eigenvalue weighted by atomic mass is 32.2. The van der Waals surface area contributed by atoms with Crippen molar-refractivity contribution in [2.24, 2.45) is 0 Å². The normalized spacial score (nSPS) is 11.9. The fourth-order valence-electron chi connectivity index (χ4n) is 3.12. The van der Waals surface area contributed by atoms with E-state index in [-0.39, 0.29) is 4.90 Å². The molecule has 0 unspecified atom stereocenters. The van der Waals surface area contributed by atoms with Crippen molar-refractivity contribution in [1.29, 1.82) is 0 Å². The van der Waals surface area contributed by atoms with Gasteiger partial charge < -0.3 is 0 Å². The summed E-state index contributed by atoms with van der Waals surface area (Å²) in [5.41, 5.74) is 1.97. The Bertz CT molecular complexity index is 1110. The number of hydrogen-bond donors (Lipinski definition) is 1. The minimum absolute atomic E-state index is 0.101. The van der Waals surface area contributed by atoms with Gasteiger partial charge in [0.1, 0.15) is 0 Å². The van der Waals surface area contributed by atoms with Crippen LogP contribution in [0.2, 0.25) is 0 Å². The van der Waals surface area contributed by atoms with E-state index in [1.54, 1.807) is 12.1 Å². The summed E-state index contributed by atoms with van der Waals surface area (Å²) in [6.45, 7) is 0. The zero-order valence-electron chi connectivity index (χ0n) is 12.7. The molecule has 0 saturated heterocycles. The fourth-order valence-corrected chi connectivity index (χ4v) is 3.60. The molecule has 0 amide bonds. The average Bonchev–Trinajstić information content (AvgIpc) is 2.59. The van der Waals surface area contributed by atoms with Crippen LogP contribution in [0.15, 0.2) is 83.8 Å². The summed E-state index contributed by atoms with van der Waals surface area (Å²) in [6, 6.07) is 24.7. The first-order valence-electron chi connectivity index (χ1n) is 7.52. The SMILES string of the molecule is O=S(=O)(O)c1ccc(-c2c3ccccc3cc3ccccc23)cc1. The largest absolute Gasteiger partial charge is 0.294 e. The van der Waals surface area contributed by atoms with Gasteiger partial charge in [0.25, 0.3) is 10.1 Å². The second-order valence-electron chi connectivity index (χ2n) is 5.69. The van der Waals surface area contributed by atoms with Gasteiger partial charge in [0.15, 0.2) is 0 Å². The van der Waals surface area contributed by atoms with Crippen LogP contribution in [0.3, 0.4) is 0 Å². The van der Waals surface area contributed by atoms with E-state index in [4.69, 9.17) is 4.55 Å². The molecule has 0 saturated carbocycles. The molecule has 0 atom stereocenters. The standard InChI is InChI=1S/C20H14O3S/c21-24(22,23)17-11-9-14(10-12-17)20-18-7-3-1-5-15(18)13-16-6-2-4-8-19(16)20/h1-13H,(H,21,22,23). The Kier molecular flexibility index (Phi) is 3.37. The van der Waals surface area contributed by atoms with Crippen molar-refractivity contribution in [2.75, 3.05) is 0 Å². The van der Waals surface area contributed by atoms with Crippen LogP contribution in [0.5, 0.6) is 0 Å². The summed E-state index contributed by atoms with van der Waals surface area (Å²) in [5, 5.41) is 4.47. The van der Waals surface area contributed by atoms with Gasteiger partial charge in [-0.15, -0.1) is 0 Å². The molecule has 3 nitrogen and oxygen atoms in total. The molecule has 118 valence electrons. The van der Waals surface area contributed by atoms with Gasteiger partial charge in [-0.2, -0.15) is 8.42 Å². The van der Waals surface area contributed by atoms with Crippen LogP contribution in [0, 0.1) is 0 Å². The second kappa shape index (κ2) is 5.44. The van der Waals surface area contributed by atoms with Crippen LogP contribution in [0.25, 0.3) is 32.7 Å². The molecule has 0 aliphatic carbocycles. The predicted molar refractivity (Wildman–Crippen MR) is 96.7 cm³/mol.